The largest absolute Gasteiger partial charge is 0.375 e. The molecule has 0 saturated carbocycles. The molecule has 1 aliphatic rings. The van der Waals surface area contributed by atoms with Gasteiger partial charge in [0.15, 0.2) is 5.13 Å². The van der Waals surface area contributed by atoms with E-state index in [1.165, 1.54) is 16.9 Å². The normalized spacial score (nSPS) is 17.7. The summed E-state index contributed by atoms with van der Waals surface area (Å²) < 4.78 is 5.75. The Morgan fingerprint density at radius 3 is 3.10 bits per heavy atom. The maximum Gasteiger partial charge on any atom is 0.180 e. The molecule has 1 aromatic carbocycles. The second-order valence-corrected chi connectivity index (χ2v) is 5.79. The third-order valence-electron chi connectivity index (χ3n) is 3.45. The highest BCUT2D eigenvalue weighted by Crippen LogP contribution is 2.30. The molecule has 0 amide bonds. The van der Waals surface area contributed by atoms with Crippen LogP contribution < -0.4 is 5.73 Å². The maximum atomic E-state index is 12.1. The Morgan fingerprint density at radius 1 is 1.45 bits per heavy atom. The van der Waals surface area contributed by atoms with Gasteiger partial charge in [0.05, 0.1) is 18.4 Å². The van der Waals surface area contributed by atoms with Crippen LogP contribution in [0.5, 0.6) is 0 Å². The number of aromatic nitrogens is 1. The van der Waals surface area contributed by atoms with Gasteiger partial charge in [-0.2, -0.15) is 0 Å². The summed E-state index contributed by atoms with van der Waals surface area (Å²) in [6, 6.07) is 8.18. The fourth-order valence-electron chi connectivity index (χ4n) is 2.53. The number of benzene rings is 1. The zero-order chi connectivity index (χ0) is 13.9. The Bertz CT molecular complexity index is 624. The lowest BCUT2D eigenvalue weighted by atomic mass is 9.94. The number of fused-ring (bicyclic) bond motifs is 1. The molecule has 1 aromatic heterocycles. The number of carbonyl (C=O) groups excluding carboxylic acids is 1. The van der Waals surface area contributed by atoms with E-state index in [1.54, 1.807) is 0 Å². The molecule has 4 nitrogen and oxygen atoms in total. The number of anilines is 1. The van der Waals surface area contributed by atoms with Gasteiger partial charge in [-0.25, -0.2) is 4.98 Å². The van der Waals surface area contributed by atoms with Crippen molar-refractivity contribution in [2.45, 2.75) is 25.4 Å². The van der Waals surface area contributed by atoms with E-state index in [9.17, 15) is 4.79 Å². The SMILES string of the molecule is Nc1nc(CC(=O)CC2OCCc3ccccc32)cs1. The van der Waals surface area contributed by atoms with E-state index in [2.05, 4.69) is 11.1 Å². The van der Waals surface area contributed by atoms with Crippen LogP contribution in [-0.4, -0.2) is 17.4 Å². The number of ether oxygens (including phenoxy) is 1. The molecule has 0 fully saturated rings. The first-order valence-electron chi connectivity index (χ1n) is 6.63. The number of hydrogen-bond donors (Lipinski definition) is 1. The van der Waals surface area contributed by atoms with Crippen molar-refractivity contribution in [2.75, 3.05) is 12.3 Å². The van der Waals surface area contributed by atoms with Gasteiger partial charge in [-0.05, 0) is 17.5 Å². The lowest BCUT2D eigenvalue weighted by Gasteiger charge is -2.25. The molecule has 0 spiro atoms. The minimum Gasteiger partial charge on any atom is -0.375 e. The van der Waals surface area contributed by atoms with E-state index in [0.29, 0.717) is 24.6 Å². The van der Waals surface area contributed by atoms with Crippen LogP contribution in [0.3, 0.4) is 0 Å². The molecule has 5 heteroatoms. The van der Waals surface area contributed by atoms with E-state index < -0.39 is 0 Å². The van der Waals surface area contributed by atoms with Crippen molar-refractivity contribution in [1.29, 1.82) is 0 Å². The zero-order valence-electron chi connectivity index (χ0n) is 11.0. The minimum absolute atomic E-state index is 0.122. The molecule has 0 saturated heterocycles. The number of nitrogen functional groups attached to an aromatic ring is 1. The highest BCUT2D eigenvalue weighted by Gasteiger charge is 2.23. The molecular weight excluding hydrogens is 272 g/mol. The van der Waals surface area contributed by atoms with Crippen molar-refractivity contribution >= 4 is 22.3 Å². The van der Waals surface area contributed by atoms with Crippen LogP contribution in [0.25, 0.3) is 0 Å². The van der Waals surface area contributed by atoms with Crippen LogP contribution >= 0.6 is 11.3 Å². The van der Waals surface area contributed by atoms with Gasteiger partial charge in [-0.15, -0.1) is 11.3 Å². The molecule has 20 heavy (non-hydrogen) atoms. The maximum absolute atomic E-state index is 12.1. The number of rotatable bonds is 4. The van der Waals surface area contributed by atoms with Gasteiger partial charge in [-0.1, -0.05) is 24.3 Å². The molecule has 0 radical (unpaired) electrons. The Labute approximate surface area is 121 Å². The summed E-state index contributed by atoms with van der Waals surface area (Å²) in [6.07, 6.45) is 1.52. The molecule has 1 aliphatic heterocycles. The number of Topliss-reactive ketones (excluding diaryl/α,β-unsaturated/α-hetero) is 1. The molecule has 2 heterocycles. The van der Waals surface area contributed by atoms with Crippen molar-refractivity contribution in [1.82, 2.24) is 4.98 Å². The van der Waals surface area contributed by atoms with E-state index in [0.717, 1.165) is 17.7 Å². The van der Waals surface area contributed by atoms with Gasteiger partial charge in [-0.3, -0.25) is 4.79 Å². The van der Waals surface area contributed by atoms with Crippen LogP contribution in [0.4, 0.5) is 5.13 Å². The molecule has 3 rings (SSSR count). The first kappa shape index (κ1) is 13.3. The predicted octanol–water partition coefficient (Wildman–Crippen LogP) is 2.54. The summed E-state index contributed by atoms with van der Waals surface area (Å²) >= 11 is 1.36. The minimum atomic E-state index is -0.122. The Morgan fingerprint density at radius 2 is 2.30 bits per heavy atom. The molecule has 2 aromatic rings. The van der Waals surface area contributed by atoms with Crippen LogP contribution in [0, 0.1) is 0 Å². The van der Waals surface area contributed by atoms with E-state index in [-0.39, 0.29) is 11.9 Å². The fourth-order valence-corrected chi connectivity index (χ4v) is 3.09. The van der Waals surface area contributed by atoms with E-state index >= 15 is 0 Å². The fraction of sp³-hybridized carbons (Fsp3) is 0.333. The smallest absolute Gasteiger partial charge is 0.180 e. The van der Waals surface area contributed by atoms with Gasteiger partial charge in [0.1, 0.15) is 5.78 Å². The molecule has 0 aliphatic carbocycles. The number of nitrogens with two attached hydrogens (primary N) is 1. The summed E-state index contributed by atoms with van der Waals surface area (Å²) in [5.41, 5.74) is 8.75. The van der Waals surface area contributed by atoms with Crippen molar-refractivity contribution in [3.63, 3.8) is 0 Å². The second-order valence-electron chi connectivity index (χ2n) is 4.90. The van der Waals surface area contributed by atoms with Gasteiger partial charge in [0.2, 0.25) is 0 Å². The summed E-state index contributed by atoms with van der Waals surface area (Å²) in [6.45, 7) is 0.679. The summed E-state index contributed by atoms with van der Waals surface area (Å²) in [5.74, 6) is 0.136. The number of thiazole rings is 1. The first-order valence-corrected chi connectivity index (χ1v) is 7.51. The Kier molecular flexibility index (Phi) is 3.80. The average Bonchev–Trinajstić information content (AvgIpc) is 2.84. The van der Waals surface area contributed by atoms with Crippen molar-refractivity contribution < 1.29 is 9.53 Å². The molecular formula is C15H16N2O2S. The number of ketones is 1. The van der Waals surface area contributed by atoms with E-state index in [1.807, 2.05) is 23.6 Å². The molecule has 0 bridgehead atoms. The van der Waals surface area contributed by atoms with Gasteiger partial charge < -0.3 is 10.5 Å². The van der Waals surface area contributed by atoms with Crippen molar-refractivity contribution in [3.8, 4) is 0 Å². The highest BCUT2D eigenvalue weighted by molar-refractivity contribution is 7.13. The number of carbonyl (C=O) groups is 1. The number of nitrogens with zero attached hydrogens (tertiary/aromatic N) is 1. The third-order valence-corrected chi connectivity index (χ3v) is 4.18. The molecule has 104 valence electrons. The molecule has 2 N–H and O–H groups in total. The molecule has 1 unspecified atom stereocenters. The molecule has 1 atom stereocenters. The summed E-state index contributed by atoms with van der Waals surface area (Å²) in [4.78, 5) is 16.3. The Balaban J connectivity index is 1.68. The van der Waals surface area contributed by atoms with Crippen molar-refractivity contribution in [3.05, 3.63) is 46.5 Å². The van der Waals surface area contributed by atoms with Crippen LogP contribution in [-0.2, 0) is 22.4 Å². The van der Waals surface area contributed by atoms with Gasteiger partial charge >= 0.3 is 0 Å². The highest BCUT2D eigenvalue weighted by atomic mass is 32.1. The topological polar surface area (TPSA) is 65.2 Å². The van der Waals surface area contributed by atoms with Crippen LogP contribution in [0.1, 0.15) is 29.3 Å². The monoisotopic (exact) mass is 288 g/mol. The lowest BCUT2D eigenvalue weighted by Crippen LogP contribution is -2.19. The van der Waals surface area contributed by atoms with Gasteiger partial charge in [0.25, 0.3) is 0 Å². The number of hydrogen-bond acceptors (Lipinski definition) is 5. The summed E-state index contributed by atoms with van der Waals surface area (Å²) in [7, 11) is 0. The quantitative estimate of drug-likeness (QED) is 0.939. The first-order chi connectivity index (χ1) is 9.72. The standard InChI is InChI=1S/C15H16N2O2S/c16-15-17-11(9-20-15)7-12(18)8-14-13-4-2-1-3-10(13)5-6-19-14/h1-4,9,14H,5-8H2,(H2,16,17). The van der Waals surface area contributed by atoms with Gasteiger partial charge in [0, 0.05) is 18.2 Å². The van der Waals surface area contributed by atoms with Crippen molar-refractivity contribution in [2.24, 2.45) is 0 Å². The second kappa shape index (κ2) is 5.73. The third kappa shape index (κ3) is 2.89. The van der Waals surface area contributed by atoms with Crippen LogP contribution in [0.2, 0.25) is 0 Å². The predicted molar refractivity (Wildman–Crippen MR) is 78.7 cm³/mol. The lowest BCUT2D eigenvalue weighted by molar-refractivity contribution is -0.121. The average molecular weight is 288 g/mol. The zero-order valence-corrected chi connectivity index (χ0v) is 11.9. The summed E-state index contributed by atoms with van der Waals surface area (Å²) in [5, 5.41) is 2.34. The van der Waals surface area contributed by atoms with E-state index in [4.69, 9.17) is 10.5 Å². The van der Waals surface area contributed by atoms with Crippen LogP contribution in [0.15, 0.2) is 29.6 Å². The Hall–Kier alpha value is -1.72.